The van der Waals surface area contributed by atoms with Gasteiger partial charge in [0.1, 0.15) is 23.2 Å². The SMILES string of the molecule is CCOCC[P+](c1c(C)cccc1C)(c1c(C)cccc1C)c1c(C)cccc1C. The number of aryl methyl sites for hydroxylation is 6. The van der Waals surface area contributed by atoms with Crippen molar-refractivity contribution in [1.82, 2.24) is 0 Å². The number of hydrogen-bond donors (Lipinski definition) is 0. The van der Waals surface area contributed by atoms with Crippen LogP contribution in [0.1, 0.15) is 40.3 Å². The Kier molecular flexibility index (Phi) is 7.17. The van der Waals surface area contributed by atoms with Crippen molar-refractivity contribution in [3.8, 4) is 0 Å². The van der Waals surface area contributed by atoms with Gasteiger partial charge in [-0.15, -0.1) is 0 Å². The first-order valence-electron chi connectivity index (χ1n) is 11.0. The summed E-state index contributed by atoms with van der Waals surface area (Å²) in [7, 11) is -1.93. The summed E-state index contributed by atoms with van der Waals surface area (Å²) in [6.45, 7) is 17.4. The first kappa shape index (κ1) is 22.7. The van der Waals surface area contributed by atoms with Crippen LogP contribution in [0.25, 0.3) is 0 Å². The molecule has 1 nitrogen and oxygen atoms in total. The lowest BCUT2D eigenvalue weighted by Gasteiger charge is -2.34. The number of ether oxygens (including phenoxy) is 1. The Morgan fingerprint density at radius 2 is 0.867 bits per heavy atom. The third-order valence-electron chi connectivity index (χ3n) is 6.24. The van der Waals surface area contributed by atoms with E-state index in [1.54, 1.807) is 15.9 Å². The Morgan fingerprint density at radius 3 is 1.13 bits per heavy atom. The lowest BCUT2D eigenvalue weighted by molar-refractivity contribution is 0.164. The first-order chi connectivity index (χ1) is 14.3. The van der Waals surface area contributed by atoms with Crippen LogP contribution in [0.3, 0.4) is 0 Å². The van der Waals surface area contributed by atoms with Crippen molar-refractivity contribution in [2.75, 3.05) is 19.4 Å². The number of rotatable bonds is 7. The van der Waals surface area contributed by atoms with E-state index >= 15 is 0 Å². The lowest BCUT2D eigenvalue weighted by atomic mass is 10.1. The quantitative estimate of drug-likeness (QED) is 0.344. The van der Waals surface area contributed by atoms with Gasteiger partial charge in [-0.1, -0.05) is 54.6 Å². The van der Waals surface area contributed by atoms with Gasteiger partial charge in [-0.05, 0) is 81.8 Å². The molecule has 0 saturated heterocycles. The zero-order valence-corrected chi connectivity index (χ0v) is 20.6. The summed E-state index contributed by atoms with van der Waals surface area (Å²) in [6.07, 6.45) is 1.03. The molecule has 0 atom stereocenters. The van der Waals surface area contributed by atoms with Gasteiger partial charge in [0, 0.05) is 6.61 Å². The second-order valence-corrected chi connectivity index (χ2v) is 11.9. The van der Waals surface area contributed by atoms with E-state index in [2.05, 4.69) is 103 Å². The molecule has 0 aromatic heterocycles. The molecule has 2 heteroatoms. The maximum atomic E-state index is 6.02. The van der Waals surface area contributed by atoms with Crippen molar-refractivity contribution in [2.45, 2.75) is 48.5 Å². The van der Waals surface area contributed by atoms with E-state index < -0.39 is 7.26 Å². The summed E-state index contributed by atoms with van der Waals surface area (Å²) in [4.78, 5) is 0. The van der Waals surface area contributed by atoms with E-state index in [-0.39, 0.29) is 0 Å². The van der Waals surface area contributed by atoms with Crippen molar-refractivity contribution in [3.63, 3.8) is 0 Å². The summed E-state index contributed by atoms with van der Waals surface area (Å²) in [5, 5.41) is 4.62. The summed E-state index contributed by atoms with van der Waals surface area (Å²) in [6, 6.07) is 20.3. The van der Waals surface area contributed by atoms with Crippen LogP contribution in [0, 0.1) is 41.5 Å². The molecule has 0 radical (unpaired) electrons. The molecule has 3 aromatic rings. The van der Waals surface area contributed by atoms with Gasteiger partial charge < -0.3 is 4.74 Å². The summed E-state index contributed by atoms with van der Waals surface area (Å²) < 4.78 is 6.02. The highest BCUT2D eigenvalue weighted by atomic mass is 31.2. The minimum absolute atomic E-state index is 0.756. The van der Waals surface area contributed by atoms with Gasteiger partial charge in [-0.3, -0.25) is 0 Å². The largest absolute Gasteiger partial charge is 0.378 e. The summed E-state index contributed by atoms with van der Waals surface area (Å²) >= 11 is 0. The molecule has 0 amide bonds. The number of hydrogen-bond acceptors (Lipinski definition) is 1. The molecule has 0 heterocycles. The first-order valence-corrected chi connectivity index (χ1v) is 13.0. The van der Waals surface area contributed by atoms with Crippen molar-refractivity contribution in [2.24, 2.45) is 0 Å². The van der Waals surface area contributed by atoms with E-state index in [0.717, 1.165) is 19.4 Å². The van der Waals surface area contributed by atoms with Gasteiger partial charge in [0.2, 0.25) is 0 Å². The topological polar surface area (TPSA) is 9.23 Å². The highest BCUT2D eigenvalue weighted by Gasteiger charge is 2.50. The second kappa shape index (κ2) is 9.46. The molecular weight excluding hydrogens is 383 g/mol. The predicted octanol–water partition coefficient (Wildman–Crippen LogP) is 5.87. The van der Waals surface area contributed by atoms with Crippen molar-refractivity contribution < 1.29 is 4.74 Å². The highest BCUT2D eigenvalue weighted by Crippen LogP contribution is 2.59. The normalized spacial score (nSPS) is 11.7. The minimum atomic E-state index is -1.93. The predicted molar refractivity (Wildman–Crippen MR) is 135 cm³/mol. The Hall–Kier alpha value is -1.95. The molecule has 0 fully saturated rings. The highest BCUT2D eigenvalue weighted by molar-refractivity contribution is 7.96. The van der Waals surface area contributed by atoms with Crippen LogP contribution in [0.15, 0.2) is 54.6 Å². The van der Waals surface area contributed by atoms with E-state index in [4.69, 9.17) is 4.74 Å². The van der Waals surface area contributed by atoms with Gasteiger partial charge in [0.05, 0.1) is 12.8 Å². The van der Waals surface area contributed by atoms with Gasteiger partial charge in [-0.2, -0.15) is 0 Å². The second-order valence-electron chi connectivity index (χ2n) is 8.45. The van der Waals surface area contributed by atoms with E-state index in [1.165, 1.54) is 33.4 Å². The zero-order valence-electron chi connectivity index (χ0n) is 19.7. The third-order valence-corrected chi connectivity index (χ3v) is 11.5. The van der Waals surface area contributed by atoms with Gasteiger partial charge in [0.15, 0.2) is 0 Å². The monoisotopic (exact) mass is 419 g/mol. The van der Waals surface area contributed by atoms with Crippen LogP contribution in [0.5, 0.6) is 0 Å². The van der Waals surface area contributed by atoms with Gasteiger partial charge in [-0.25, -0.2) is 0 Å². The van der Waals surface area contributed by atoms with E-state index in [0.29, 0.717) is 0 Å². The van der Waals surface area contributed by atoms with Crippen molar-refractivity contribution in [3.05, 3.63) is 88.0 Å². The molecule has 0 bridgehead atoms. The van der Waals surface area contributed by atoms with E-state index in [9.17, 15) is 0 Å². The van der Waals surface area contributed by atoms with Crippen LogP contribution < -0.4 is 15.9 Å². The minimum Gasteiger partial charge on any atom is -0.378 e. The van der Waals surface area contributed by atoms with Gasteiger partial charge >= 0.3 is 0 Å². The molecule has 0 aliphatic heterocycles. The van der Waals surface area contributed by atoms with Crippen LogP contribution >= 0.6 is 7.26 Å². The Balaban J connectivity index is 2.54. The van der Waals surface area contributed by atoms with Crippen molar-refractivity contribution in [1.29, 1.82) is 0 Å². The molecule has 3 rings (SSSR count). The van der Waals surface area contributed by atoms with Crippen LogP contribution in [-0.4, -0.2) is 19.4 Å². The molecule has 0 aliphatic rings. The fourth-order valence-corrected chi connectivity index (χ4v) is 11.0. The standard InChI is InChI=1S/C28H36OP/c1-8-29-18-19-30(26-20(2)12-9-13-21(26)3,27-22(4)14-10-15-23(27)5)28-24(6)16-11-17-25(28)7/h9-17H,8,18-19H2,1-7H3/q+1. The fourth-order valence-electron chi connectivity index (χ4n) is 5.24. The maximum absolute atomic E-state index is 6.02. The van der Waals surface area contributed by atoms with Crippen molar-refractivity contribution >= 4 is 23.2 Å². The van der Waals surface area contributed by atoms with Crippen LogP contribution in [-0.2, 0) is 4.74 Å². The van der Waals surface area contributed by atoms with Gasteiger partial charge in [0.25, 0.3) is 0 Å². The van der Waals surface area contributed by atoms with E-state index in [1.807, 2.05) is 0 Å². The average Bonchev–Trinajstić information content (AvgIpc) is 2.67. The maximum Gasteiger partial charge on any atom is 0.116 e. The van der Waals surface area contributed by atoms with Crippen LogP contribution in [0.4, 0.5) is 0 Å². The Morgan fingerprint density at radius 1 is 0.567 bits per heavy atom. The summed E-state index contributed by atoms with van der Waals surface area (Å²) in [5.74, 6) is 0. The fraction of sp³-hybridized carbons (Fsp3) is 0.357. The molecule has 0 spiro atoms. The molecule has 0 unspecified atom stereocenters. The zero-order chi connectivity index (χ0) is 21.9. The molecule has 0 saturated carbocycles. The smallest absolute Gasteiger partial charge is 0.116 e. The third kappa shape index (κ3) is 3.98. The molecular formula is C28H36OP+. The van der Waals surface area contributed by atoms with Crippen LogP contribution in [0.2, 0.25) is 0 Å². The molecule has 158 valence electrons. The number of benzene rings is 3. The average molecular weight is 420 g/mol. The Labute approximate surface area is 183 Å². The molecule has 0 aliphatic carbocycles. The Bertz CT molecular complexity index is 849. The lowest BCUT2D eigenvalue weighted by Crippen LogP contribution is -2.41. The molecule has 30 heavy (non-hydrogen) atoms. The summed E-state index contributed by atoms with van der Waals surface area (Å²) in [5.41, 5.74) is 8.36. The molecule has 0 N–H and O–H groups in total. The molecule has 3 aromatic carbocycles.